The van der Waals surface area contributed by atoms with Gasteiger partial charge < -0.3 is 14.4 Å². The molecule has 1 aromatic carbocycles. The molecule has 1 amide bonds. The Morgan fingerprint density at radius 3 is 2.76 bits per heavy atom. The molecular formula is C23H28N2O6S2. The maximum atomic E-state index is 13.3. The van der Waals surface area contributed by atoms with Gasteiger partial charge in [0.25, 0.3) is 15.9 Å². The number of amides is 1. The third kappa shape index (κ3) is 4.39. The van der Waals surface area contributed by atoms with Gasteiger partial charge in [0.15, 0.2) is 6.10 Å². The third-order valence-corrected chi connectivity index (χ3v) is 9.69. The summed E-state index contributed by atoms with van der Waals surface area (Å²) in [4.78, 5) is 28.2. The van der Waals surface area contributed by atoms with Crippen LogP contribution in [0.4, 0.5) is 0 Å². The van der Waals surface area contributed by atoms with Gasteiger partial charge in [0.2, 0.25) is 0 Å². The van der Waals surface area contributed by atoms with Crippen molar-refractivity contribution in [3.05, 3.63) is 45.8 Å². The lowest BCUT2D eigenvalue weighted by Crippen LogP contribution is -2.43. The summed E-state index contributed by atoms with van der Waals surface area (Å²) in [7, 11) is -1.09. The topological polar surface area (TPSA) is 93.2 Å². The monoisotopic (exact) mass is 492 g/mol. The fourth-order valence-corrected chi connectivity index (χ4v) is 7.52. The van der Waals surface area contributed by atoms with Gasteiger partial charge in [-0.1, -0.05) is 31.5 Å². The van der Waals surface area contributed by atoms with Gasteiger partial charge in [-0.05, 0) is 30.0 Å². The zero-order chi connectivity index (χ0) is 23.8. The van der Waals surface area contributed by atoms with Crippen LogP contribution in [-0.2, 0) is 38.9 Å². The first-order valence-corrected chi connectivity index (χ1v) is 13.3. The summed E-state index contributed by atoms with van der Waals surface area (Å²) in [6.45, 7) is 2.98. The van der Waals surface area contributed by atoms with Crippen LogP contribution in [0.3, 0.4) is 0 Å². The largest absolute Gasteiger partial charge is 0.480 e. The second-order valence-electron chi connectivity index (χ2n) is 8.27. The fourth-order valence-electron chi connectivity index (χ4n) is 4.22. The van der Waals surface area contributed by atoms with Crippen molar-refractivity contribution in [1.29, 1.82) is 0 Å². The van der Waals surface area contributed by atoms with E-state index in [0.29, 0.717) is 36.4 Å². The SMILES string of the molecule is CCCCN(C)S(=O)(=O)c1sc2c(c1C(=O)OC)CCN(C(=O)[C@H]1Cc3ccccc3O1)C2. The average Bonchev–Trinajstić information content (AvgIpc) is 3.43. The van der Waals surface area contributed by atoms with E-state index in [4.69, 9.17) is 9.47 Å². The molecule has 10 heteroatoms. The quantitative estimate of drug-likeness (QED) is 0.552. The van der Waals surface area contributed by atoms with Gasteiger partial charge in [0, 0.05) is 31.4 Å². The Morgan fingerprint density at radius 1 is 1.30 bits per heavy atom. The molecule has 4 rings (SSSR count). The number of nitrogens with zero attached hydrogens (tertiary/aromatic N) is 2. The van der Waals surface area contributed by atoms with Gasteiger partial charge in [-0.15, -0.1) is 11.3 Å². The predicted molar refractivity (Wildman–Crippen MR) is 124 cm³/mol. The van der Waals surface area contributed by atoms with E-state index in [1.807, 2.05) is 31.2 Å². The molecule has 0 aliphatic carbocycles. The Bertz CT molecular complexity index is 1150. The van der Waals surface area contributed by atoms with Gasteiger partial charge in [-0.2, -0.15) is 0 Å². The fraction of sp³-hybridized carbons (Fsp3) is 0.478. The molecule has 33 heavy (non-hydrogen) atoms. The number of fused-ring (bicyclic) bond motifs is 2. The number of hydrogen-bond donors (Lipinski definition) is 0. The predicted octanol–water partition coefficient (Wildman–Crippen LogP) is 2.84. The van der Waals surface area contributed by atoms with E-state index in [2.05, 4.69) is 0 Å². The zero-order valence-corrected chi connectivity index (χ0v) is 20.6. The number of ether oxygens (including phenoxy) is 2. The Balaban J connectivity index is 1.60. The molecule has 1 atom stereocenters. The highest BCUT2D eigenvalue weighted by Crippen LogP contribution is 2.38. The molecule has 8 nitrogen and oxygen atoms in total. The summed E-state index contributed by atoms with van der Waals surface area (Å²) >= 11 is 1.06. The highest BCUT2D eigenvalue weighted by molar-refractivity contribution is 7.91. The number of carbonyl (C=O) groups excluding carboxylic acids is 2. The number of carbonyl (C=O) groups is 2. The van der Waals surface area contributed by atoms with Crippen molar-refractivity contribution in [1.82, 2.24) is 9.21 Å². The Hall–Kier alpha value is -2.43. The van der Waals surface area contributed by atoms with E-state index in [1.54, 1.807) is 4.90 Å². The molecule has 2 aliphatic rings. The molecule has 0 saturated heterocycles. The molecule has 2 aromatic rings. The first kappa shape index (κ1) is 23.7. The van der Waals surface area contributed by atoms with Crippen LogP contribution in [0.15, 0.2) is 28.5 Å². The second-order valence-corrected chi connectivity index (χ2v) is 11.6. The summed E-state index contributed by atoms with van der Waals surface area (Å²) in [5, 5.41) is 0. The van der Waals surface area contributed by atoms with E-state index in [9.17, 15) is 18.0 Å². The first-order valence-electron chi connectivity index (χ1n) is 11.0. The van der Waals surface area contributed by atoms with Crippen LogP contribution in [-0.4, -0.2) is 62.9 Å². The van der Waals surface area contributed by atoms with Gasteiger partial charge in [0.1, 0.15) is 9.96 Å². The normalized spacial score (nSPS) is 17.5. The second kappa shape index (κ2) is 9.44. The molecule has 0 N–H and O–H groups in total. The average molecular weight is 493 g/mol. The van der Waals surface area contributed by atoms with E-state index in [0.717, 1.165) is 35.5 Å². The molecule has 2 aliphatic heterocycles. The van der Waals surface area contributed by atoms with Crippen molar-refractivity contribution < 1.29 is 27.5 Å². The summed E-state index contributed by atoms with van der Waals surface area (Å²) in [5.74, 6) is -0.0696. The van der Waals surface area contributed by atoms with E-state index in [1.165, 1.54) is 18.5 Å². The molecule has 0 spiro atoms. The number of para-hydroxylation sites is 1. The Labute approximate surface area is 198 Å². The van der Waals surface area contributed by atoms with Crippen LogP contribution in [0.1, 0.15) is 46.1 Å². The van der Waals surface area contributed by atoms with Crippen molar-refractivity contribution in [2.24, 2.45) is 0 Å². The smallest absolute Gasteiger partial charge is 0.340 e. The molecule has 0 unspecified atom stereocenters. The van der Waals surface area contributed by atoms with Crippen molar-refractivity contribution in [3.8, 4) is 5.75 Å². The maximum absolute atomic E-state index is 13.3. The van der Waals surface area contributed by atoms with Crippen molar-refractivity contribution in [3.63, 3.8) is 0 Å². The minimum absolute atomic E-state index is 0.00299. The van der Waals surface area contributed by atoms with Crippen LogP contribution in [0, 0.1) is 0 Å². The highest BCUT2D eigenvalue weighted by Gasteiger charge is 2.39. The lowest BCUT2D eigenvalue weighted by Gasteiger charge is -2.29. The van der Waals surface area contributed by atoms with Crippen LogP contribution >= 0.6 is 11.3 Å². The molecule has 1 aromatic heterocycles. The van der Waals surface area contributed by atoms with Crippen LogP contribution in [0.2, 0.25) is 0 Å². The molecule has 178 valence electrons. The molecule has 0 fully saturated rings. The molecule has 3 heterocycles. The maximum Gasteiger partial charge on any atom is 0.340 e. The van der Waals surface area contributed by atoms with Gasteiger partial charge in [0.05, 0.1) is 19.2 Å². The van der Waals surface area contributed by atoms with E-state index in [-0.39, 0.29) is 22.2 Å². The van der Waals surface area contributed by atoms with Crippen LogP contribution in [0.25, 0.3) is 0 Å². The minimum atomic E-state index is -3.86. The summed E-state index contributed by atoms with van der Waals surface area (Å²) in [6.07, 6.45) is 1.89. The number of benzene rings is 1. The van der Waals surface area contributed by atoms with Gasteiger partial charge in [-0.25, -0.2) is 17.5 Å². The number of methoxy groups -OCH3 is 1. The lowest BCUT2D eigenvalue weighted by molar-refractivity contribution is -0.138. The van der Waals surface area contributed by atoms with E-state index < -0.39 is 22.1 Å². The number of hydrogen-bond acceptors (Lipinski definition) is 7. The first-order chi connectivity index (χ1) is 15.8. The molecule has 0 radical (unpaired) electrons. The number of unbranched alkanes of at least 4 members (excludes halogenated alkanes) is 1. The van der Waals surface area contributed by atoms with Gasteiger partial charge in [-0.3, -0.25) is 4.79 Å². The van der Waals surface area contributed by atoms with Crippen molar-refractivity contribution >= 4 is 33.2 Å². The number of rotatable bonds is 7. The summed E-state index contributed by atoms with van der Waals surface area (Å²) in [6, 6.07) is 7.59. The molecule has 0 saturated carbocycles. The number of thiophene rings is 1. The third-order valence-electron chi connectivity index (χ3n) is 6.12. The standard InChI is InChI=1S/C23H28N2O6S2/c1-4-5-11-24(2)33(28,29)23-20(22(27)30-3)16-10-12-25(14-19(16)32-23)21(26)18-13-15-8-6-7-9-17(15)31-18/h6-9,18H,4-5,10-14H2,1-3H3/t18-/m1/s1. The number of esters is 1. The Kier molecular flexibility index (Phi) is 6.78. The van der Waals surface area contributed by atoms with Crippen LogP contribution in [0.5, 0.6) is 5.75 Å². The highest BCUT2D eigenvalue weighted by atomic mass is 32.2. The molecular weight excluding hydrogens is 464 g/mol. The van der Waals surface area contributed by atoms with Crippen molar-refractivity contribution in [2.45, 2.75) is 49.5 Å². The zero-order valence-electron chi connectivity index (χ0n) is 19.0. The van der Waals surface area contributed by atoms with Crippen molar-refractivity contribution in [2.75, 3.05) is 27.2 Å². The number of sulfonamides is 1. The summed E-state index contributed by atoms with van der Waals surface area (Å²) < 4.78 is 38.6. The summed E-state index contributed by atoms with van der Waals surface area (Å²) in [5.41, 5.74) is 1.77. The molecule has 0 bridgehead atoms. The minimum Gasteiger partial charge on any atom is -0.480 e. The van der Waals surface area contributed by atoms with Crippen LogP contribution < -0.4 is 4.74 Å². The lowest BCUT2D eigenvalue weighted by atomic mass is 10.0. The van der Waals surface area contributed by atoms with Gasteiger partial charge >= 0.3 is 5.97 Å². The Morgan fingerprint density at radius 2 is 2.06 bits per heavy atom. The van der Waals surface area contributed by atoms with E-state index >= 15 is 0 Å².